The van der Waals surface area contributed by atoms with Crippen molar-refractivity contribution in [2.75, 3.05) is 11.4 Å². The van der Waals surface area contributed by atoms with Crippen LogP contribution >= 0.6 is 0 Å². The van der Waals surface area contributed by atoms with E-state index < -0.39 is 17.9 Å². The molecule has 0 saturated carbocycles. The molecule has 0 aliphatic carbocycles. The zero-order valence-corrected chi connectivity index (χ0v) is 14.9. The van der Waals surface area contributed by atoms with Gasteiger partial charge in [0, 0.05) is 12.2 Å². The molecule has 1 atom stereocenters. The molecule has 0 spiro atoms. The van der Waals surface area contributed by atoms with Crippen LogP contribution < -0.4 is 4.90 Å². The van der Waals surface area contributed by atoms with Crippen molar-refractivity contribution in [2.45, 2.75) is 32.7 Å². The predicted molar refractivity (Wildman–Crippen MR) is 98.3 cm³/mol. The van der Waals surface area contributed by atoms with Crippen LogP contribution in [0, 0.1) is 6.92 Å². The van der Waals surface area contributed by atoms with E-state index in [4.69, 9.17) is 0 Å². The van der Waals surface area contributed by atoms with Crippen molar-refractivity contribution in [3.63, 3.8) is 0 Å². The van der Waals surface area contributed by atoms with Gasteiger partial charge in [-0.15, -0.1) is 0 Å². The molecule has 0 N–H and O–H groups in total. The highest BCUT2D eigenvalue weighted by molar-refractivity contribution is 6.23. The second kappa shape index (κ2) is 6.09. The van der Waals surface area contributed by atoms with Crippen molar-refractivity contribution >= 4 is 23.4 Å². The van der Waals surface area contributed by atoms with Crippen LogP contribution in [-0.2, 0) is 11.2 Å². The van der Waals surface area contributed by atoms with E-state index >= 15 is 0 Å². The summed E-state index contributed by atoms with van der Waals surface area (Å²) >= 11 is 0. The van der Waals surface area contributed by atoms with Gasteiger partial charge in [0.25, 0.3) is 11.8 Å². The van der Waals surface area contributed by atoms with E-state index in [-0.39, 0.29) is 5.91 Å². The minimum Gasteiger partial charge on any atom is -0.310 e. The number of imide groups is 1. The number of hydrogen-bond donors (Lipinski definition) is 0. The molecule has 2 aromatic rings. The normalized spacial score (nSPS) is 17.2. The fourth-order valence-corrected chi connectivity index (χ4v) is 3.85. The second-order valence-electron chi connectivity index (χ2n) is 6.93. The number of hydrogen-bond acceptors (Lipinski definition) is 3. The van der Waals surface area contributed by atoms with Crippen LogP contribution in [0.5, 0.6) is 0 Å². The van der Waals surface area contributed by atoms with E-state index in [0.29, 0.717) is 17.7 Å². The minimum absolute atomic E-state index is 0.218. The third-order valence-corrected chi connectivity index (χ3v) is 5.19. The quantitative estimate of drug-likeness (QED) is 0.784. The first-order valence-corrected chi connectivity index (χ1v) is 8.87. The van der Waals surface area contributed by atoms with Crippen LogP contribution in [0.25, 0.3) is 0 Å². The average molecular weight is 348 g/mol. The SMILES string of the molecule is Cc1ccc2c(c1)CCCN2C(=O)C(C)N1C(=O)c2ccccc2C1=O. The Morgan fingerprint density at radius 3 is 2.35 bits per heavy atom. The maximum Gasteiger partial charge on any atom is 0.262 e. The Hall–Kier alpha value is -2.95. The number of fused-ring (bicyclic) bond motifs is 2. The van der Waals surface area contributed by atoms with Gasteiger partial charge < -0.3 is 4.90 Å². The maximum absolute atomic E-state index is 13.2. The second-order valence-corrected chi connectivity index (χ2v) is 6.93. The largest absolute Gasteiger partial charge is 0.310 e. The van der Waals surface area contributed by atoms with Crippen molar-refractivity contribution in [3.8, 4) is 0 Å². The van der Waals surface area contributed by atoms with Gasteiger partial charge in [0.15, 0.2) is 0 Å². The Morgan fingerprint density at radius 1 is 1.04 bits per heavy atom. The van der Waals surface area contributed by atoms with Crippen LogP contribution in [0.2, 0.25) is 0 Å². The molecule has 5 heteroatoms. The smallest absolute Gasteiger partial charge is 0.262 e. The number of carbonyl (C=O) groups excluding carboxylic acids is 3. The van der Waals surface area contributed by atoms with Gasteiger partial charge in [-0.25, -0.2) is 0 Å². The molecule has 2 aliphatic heterocycles. The van der Waals surface area contributed by atoms with Crippen LogP contribution in [0.3, 0.4) is 0 Å². The van der Waals surface area contributed by atoms with Gasteiger partial charge in [0.2, 0.25) is 5.91 Å². The predicted octanol–water partition coefficient (Wildman–Crippen LogP) is 2.96. The van der Waals surface area contributed by atoms with Crippen molar-refractivity contribution < 1.29 is 14.4 Å². The molecule has 4 rings (SSSR count). The molecule has 1 unspecified atom stereocenters. The first-order valence-electron chi connectivity index (χ1n) is 8.87. The zero-order chi connectivity index (χ0) is 18.4. The van der Waals surface area contributed by atoms with Gasteiger partial charge in [-0.2, -0.15) is 0 Å². The number of benzene rings is 2. The summed E-state index contributed by atoms with van der Waals surface area (Å²) < 4.78 is 0. The summed E-state index contributed by atoms with van der Waals surface area (Å²) in [6, 6.07) is 11.9. The summed E-state index contributed by atoms with van der Waals surface area (Å²) in [5.41, 5.74) is 3.92. The monoisotopic (exact) mass is 348 g/mol. The number of aryl methyl sites for hydroxylation is 2. The number of carbonyl (C=O) groups is 3. The highest BCUT2D eigenvalue weighted by atomic mass is 16.2. The summed E-state index contributed by atoms with van der Waals surface area (Å²) in [6.45, 7) is 4.26. The third kappa shape index (κ3) is 2.43. The van der Waals surface area contributed by atoms with Gasteiger partial charge in [-0.3, -0.25) is 19.3 Å². The number of nitrogens with zero attached hydrogens (tertiary/aromatic N) is 2. The standard InChI is InChI=1S/C21H20N2O3/c1-13-9-10-18-15(12-13)6-5-11-22(18)19(24)14(2)23-20(25)16-7-3-4-8-17(16)21(23)26/h3-4,7-10,12,14H,5-6,11H2,1-2H3. The molecule has 132 valence electrons. The topological polar surface area (TPSA) is 57.7 Å². The van der Waals surface area contributed by atoms with Crippen LogP contribution in [-0.4, -0.2) is 35.2 Å². The first kappa shape index (κ1) is 16.5. The molecule has 0 fully saturated rings. The summed E-state index contributed by atoms with van der Waals surface area (Å²) in [6.07, 6.45) is 1.80. The van der Waals surface area contributed by atoms with Gasteiger partial charge in [-0.05, 0) is 50.5 Å². The molecule has 3 amide bonds. The first-order chi connectivity index (χ1) is 12.5. The van der Waals surface area contributed by atoms with Crippen LogP contribution in [0.4, 0.5) is 5.69 Å². The van der Waals surface area contributed by atoms with Crippen molar-refractivity contribution in [2.24, 2.45) is 0 Å². The van der Waals surface area contributed by atoms with Crippen molar-refractivity contribution in [1.29, 1.82) is 0 Å². The van der Waals surface area contributed by atoms with Crippen LogP contribution in [0.15, 0.2) is 42.5 Å². The molecule has 2 aromatic carbocycles. The lowest BCUT2D eigenvalue weighted by molar-refractivity contribution is -0.122. The highest BCUT2D eigenvalue weighted by Gasteiger charge is 2.42. The van der Waals surface area contributed by atoms with E-state index in [9.17, 15) is 14.4 Å². The summed E-state index contributed by atoms with van der Waals surface area (Å²) in [5.74, 6) is -1.01. The number of amides is 3. The maximum atomic E-state index is 13.2. The lowest BCUT2D eigenvalue weighted by Crippen LogP contribution is -2.50. The molecule has 0 saturated heterocycles. The highest BCUT2D eigenvalue weighted by Crippen LogP contribution is 2.30. The fraction of sp³-hybridized carbons (Fsp3) is 0.286. The Labute approximate surface area is 152 Å². The van der Waals surface area contributed by atoms with Gasteiger partial charge in [-0.1, -0.05) is 29.8 Å². The van der Waals surface area contributed by atoms with E-state index in [1.54, 1.807) is 36.1 Å². The van der Waals surface area contributed by atoms with Crippen molar-refractivity contribution in [3.05, 3.63) is 64.7 Å². The Kier molecular flexibility index (Phi) is 3.87. The van der Waals surface area contributed by atoms with Crippen LogP contribution in [0.1, 0.15) is 45.2 Å². The van der Waals surface area contributed by atoms with E-state index in [0.717, 1.165) is 34.6 Å². The van der Waals surface area contributed by atoms with Crippen molar-refractivity contribution in [1.82, 2.24) is 4.90 Å². The van der Waals surface area contributed by atoms with E-state index in [2.05, 4.69) is 6.07 Å². The molecular weight excluding hydrogens is 328 g/mol. The van der Waals surface area contributed by atoms with Gasteiger partial charge in [0.1, 0.15) is 6.04 Å². The lowest BCUT2D eigenvalue weighted by Gasteiger charge is -2.33. The number of anilines is 1. The molecule has 5 nitrogen and oxygen atoms in total. The molecule has 0 aromatic heterocycles. The Balaban J connectivity index is 1.65. The van der Waals surface area contributed by atoms with Gasteiger partial charge in [0.05, 0.1) is 11.1 Å². The summed E-state index contributed by atoms with van der Waals surface area (Å²) in [5, 5.41) is 0. The molecular formula is C21H20N2O3. The summed E-state index contributed by atoms with van der Waals surface area (Å²) in [4.78, 5) is 41.3. The molecule has 0 bridgehead atoms. The lowest BCUT2D eigenvalue weighted by atomic mass is 9.99. The molecule has 26 heavy (non-hydrogen) atoms. The average Bonchev–Trinajstić information content (AvgIpc) is 2.91. The van der Waals surface area contributed by atoms with E-state index in [1.807, 2.05) is 19.1 Å². The Morgan fingerprint density at radius 2 is 1.69 bits per heavy atom. The van der Waals surface area contributed by atoms with Gasteiger partial charge >= 0.3 is 0 Å². The zero-order valence-electron chi connectivity index (χ0n) is 14.9. The summed E-state index contributed by atoms with van der Waals surface area (Å²) in [7, 11) is 0. The molecule has 2 heterocycles. The third-order valence-electron chi connectivity index (χ3n) is 5.19. The number of rotatable bonds is 2. The molecule has 2 aliphatic rings. The Bertz CT molecular complexity index is 900. The molecule has 0 radical (unpaired) electrons. The van der Waals surface area contributed by atoms with E-state index in [1.165, 1.54) is 0 Å². The minimum atomic E-state index is -0.838. The fourth-order valence-electron chi connectivity index (χ4n) is 3.85.